The molecule has 0 spiro atoms. The summed E-state index contributed by atoms with van der Waals surface area (Å²) in [5.41, 5.74) is 0.848. The average molecular weight is 371 g/mol. The molecule has 7 heteroatoms. The van der Waals surface area contributed by atoms with Crippen LogP contribution in [0.5, 0.6) is 5.75 Å². The van der Waals surface area contributed by atoms with E-state index in [0.717, 1.165) is 0 Å². The van der Waals surface area contributed by atoms with Crippen LogP contribution in [0, 0.1) is 11.3 Å². The first-order valence-corrected chi connectivity index (χ1v) is 7.82. The van der Waals surface area contributed by atoms with Crippen LogP contribution in [0.4, 0.5) is 5.69 Å². The van der Waals surface area contributed by atoms with Gasteiger partial charge in [0.25, 0.3) is 5.91 Å². The number of amides is 1. The minimum absolute atomic E-state index is 0.147. The van der Waals surface area contributed by atoms with Gasteiger partial charge in [-0.05, 0) is 35.9 Å². The van der Waals surface area contributed by atoms with Gasteiger partial charge in [-0.25, -0.2) is 4.79 Å². The second-order valence-electron chi connectivity index (χ2n) is 5.06. The molecule has 0 bridgehead atoms. The van der Waals surface area contributed by atoms with E-state index in [9.17, 15) is 14.9 Å². The van der Waals surface area contributed by atoms with E-state index >= 15 is 0 Å². The molecule has 0 aromatic heterocycles. The normalized spacial score (nSPS) is 10.6. The lowest BCUT2D eigenvalue weighted by atomic mass is 10.1. The van der Waals surface area contributed by atoms with Gasteiger partial charge in [0.2, 0.25) is 0 Å². The number of halogens is 1. The number of ether oxygens (including phenoxy) is 2. The summed E-state index contributed by atoms with van der Waals surface area (Å²) < 4.78 is 9.74. The Kier molecular flexibility index (Phi) is 6.36. The van der Waals surface area contributed by atoms with Crippen LogP contribution in [0.25, 0.3) is 6.08 Å². The molecule has 0 saturated carbocycles. The summed E-state index contributed by atoms with van der Waals surface area (Å²) in [5, 5.41) is 12.2. The van der Waals surface area contributed by atoms with E-state index in [1.165, 1.54) is 26.4 Å². The summed E-state index contributed by atoms with van der Waals surface area (Å²) in [6.45, 7) is 0. The van der Waals surface area contributed by atoms with E-state index in [2.05, 4.69) is 10.1 Å². The lowest BCUT2D eigenvalue weighted by molar-refractivity contribution is -0.112. The maximum atomic E-state index is 12.4. The van der Waals surface area contributed by atoms with Crippen molar-refractivity contribution in [2.24, 2.45) is 0 Å². The minimum atomic E-state index is -0.657. The summed E-state index contributed by atoms with van der Waals surface area (Å²) >= 11 is 6.05. The zero-order chi connectivity index (χ0) is 19.1. The van der Waals surface area contributed by atoms with Crippen molar-refractivity contribution in [3.8, 4) is 11.8 Å². The van der Waals surface area contributed by atoms with Crippen molar-refractivity contribution >= 4 is 35.2 Å². The summed E-state index contributed by atoms with van der Waals surface area (Å²) in [7, 11) is 2.73. The topological polar surface area (TPSA) is 88.4 Å². The van der Waals surface area contributed by atoms with Crippen molar-refractivity contribution < 1.29 is 19.1 Å². The van der Waals surface area contributed by atoms with Crippen LogP contribution >= 0.6 is 11.6 Å². The van der Waals surface area contributed by atoms with Crippen LogP contribution in [0.15, 0.2) is 48.0 Å². The third kappa shape index (κ3) is 4.41. The van der Waals surface area contributed by atoms with E-state index in [0.29, 0.717) is 16.3 Å². The number of carbonyl (C=O) groups is 2. The monoisotopic (exact) mass is 370 g/mol. The number of nitriles is 1. The van der Waals surface area contributed by atoms with Gasteiger partial charge in [-0.1, -0.05) is 29.8 Å². The second-order valence-corrected chi connectivity index (χ2v) is 5.46. The number of rotatable bonds is 5. The Bertz CT molecular complexity index is 916. The third-order valence-corrected chi connectivity index (χ3v) is 3.73. The number of carbonyl (C=O) groups excluding carboxylic acids is 2. The molecule has 132 valence electrons. The van der Waals surface area contributed by atoms with Crippen molar-refractivity contribution in [3.63, 3.8) is 0 Å². The average Bonchev–Trinajstić information content (AvgIpc) is 2.66. The van der Waals surface area contributed by atoms with Crippen LogP contribution in [0.2, 0.25) is 5.02 Å². The molecule has 2 rings (SSSR count). The lowest BCUT2D eigenvalue weighted by Gasteiger charge is -2.09. The fourth-order valence-electron chi connectivity index (χ4n) is 2.16. The zero-order valence-electron chi connectivity index (χ0n) is 14.1. The molecular formula is C19H15ClN2O4. The van der Waals surface area contributed by atoms with Crippen LogP contribution in [-0.2, 0) is 9.53 Å². The number of methoxy groups -OCH3 is 2. The van der Waals surface area contributed by atoms with Gasteiger partial charge in [0.1, 0.15) is 17.4 Å². The van der Waals surface area contributed by atoms with Crippen LogP contribution in [-0.4, -0.2) is 26.1 Å². The second kappa shape index (κ2) is 8.70. The third-order valence-electron chi connectivity index (χ3n) is 3.43. The molecule has 1 N–H and O–H groups in total. The predicted octanol–water partition coefficient (Wildman–Crippen LogP) is 3.68. The number of para-hydroxylation sites is 1. The molecule has 0 aliphatic heterocycles. The summed E-state index contributed by atoms with van der Waals surface area (Å²) in [4.78, 5) is 24.2. The molecule has 2 aromatic rings. The fraction of sp³-hybridized carbons (Fsp3) is 0.105. The number of esters is 1. The summed E-state index contributed by atoms with van der Waals surface area (Å²) in [6.07, 6.45) is 1.39. The Balaban J connectivity index is 2.29. The van der Waals surface area contributed by atoms with Gasteiger partial charge in [-0.3, -0.25) is 4.79 Å². The smallest absolute Gasteiger partial charge is 0.339 e. The van der Waals surface area contributed by atoms with E-state index < -0.39 is 11.9 Å². The molecule has 0 saturated heterocycles. The zero-order valence-corrected chi connectivity index (χ0v) is 14.8. The first-order valence-electron chi connectivity index (χ1n) is 7.44. The molecule has 0 atom stereocenters. The highest BCUT2D eigenvalue weighted by atomic mass is 35.5. The van der Waals surface area contributed by atoms with Crippen molar-refractivity contribution in [1.29, 1.82) is 5.26 Å². The molecule has 1 amide bonds. The Morgan fingerprint density at radius 2 is 1.92 bits per heavy atom. The summed E-state index contributed by atoms with van der Waals surface area (Å²) in [6, 6.07) is 13.1. The van der Waals surface area contributed by atoms with E-state index in [1.807, 2.05) is 6.07 Å². The Labute approximate surface area is 155 Å². The molecule has 2 aromatic carbocycles. The maximum absolute atomic E-state index is 12.4. The molecule has 26 heavy (non-hydrogen) atoms. The number of anilines is 1. The number of nitrogens with one attached hydrogen (secondary N) is 1. The van der Waals surface area contributed by atoms with Gasteiger partial charge >= 0.3 is 5.97 Å². The SMILES string of the molecule is COC(=O)c1ccccc1NC(=O)C(C#N)=Cc1ccc(OC)c(Cl)c1. The number of nitrogens with zero attached hydrogens (tertiary/aromatic N) is 1. The molecule has 0 unspecified atom stereocenters. The highest BCUT2D eigenvalue weighted by molar-refractivity contribution is 6.32. The molecule has 0 heterocycles. The van der Waals surface area contributed by atoms with Gasteiger partial charge in [-0.2, -0.15) is 5.26 Å². The molecule has 6 nitrogen and oxygen atoms in total. The van der Waals surface area contributed by atoms with Crippen molar-refractivity contribution in [3.05, 3.63) is 64.2 Å². The van der Waals surface area contributed by atoms with Crippen molar-refractivity contribution in [1.82, 2.24) is 0 Å². The van der Waals surface area contributed by atoms with Gasteiger partial charge in [0, 0.05) is 0 Å². The lowest BCUT2D eigenvalue weighted by Crippen LogP contribution is -2.16. The van der Waals surface area contributed by atoms with Gasteiger partial charge in [-0.15, -0.1) is 0 Å². The predicted molar refractivity (Wildman–Crippen MR) is 98.0 cm³/mol. The molecule has 0 radical (unpaired) electrons. The van der Waals surface area contributed by atoms with Gasteiger partial charge in [0.05, 0.1) is 30.5 Å². The van der Waals surface area contributed by atoms with Crippen LogP contribution in [0.3, 0.4) is 0 Å². The van der Waals surface area contributed by atoms with E-state index in [4.69, 9.17) is 16.3 Å². The van der Waals surface area contributed by atoms with E-state index in [1.54, 1.807) is 36.4 Å². The Morgan fingerprint density at radius 3 is 2.54 bits per heavy atom. The van der Waals surface area contributed by atoms with Crippen molar-refractivity contribution in [2.45, 2.75) is 0 Å². The number of hydrogen-bond donors (Lipinski definition) is 1. The Hall–Kier alpha value is -3.30. The minimum Gasteiger partial charge on any atom is -0.495 e. The highest BCUT2D eigenvalue weighted by Gasteiger charge is 2.16. The summed E-state index contributed by atoms with van der Waals surface area (Å²) in [5.74, 6) is -0.764. The number of benzene rings is 2. The standard InChI is InChI=1S/C19H15ClN2O4/c1-25-17-8-7-12(10-15(17)20)9-13(11-21)18(23)22-16-6-4-3-5-14(16)19(24)26-2/h3-10H,1-2H3,(H,22,23). The Morgan fingerprint density at radius 1 is 1.19 bits per heavy atom. The maximum Gasteiger partial charge on any atom is 0.339 e. The first-order chi connectivity index (χ1) is 12.5. The van der Waals surface area contributed by atoms with Crippen LogP contribution < -0.4 is 10.1 Å². The van der Waals surface area contributed by atoms with Gasteiger partial charge < -0.3 is 14.8 Å². The molecule has 0 aliphatic rings. The molecule has 0 aliphatic carbocycles. The number of hydrogen-bond acceptors (Lipinski definition) is 5. The van der Waals surface area contributed by atoms with Crippen LogP contribution in [0.1, 0.15) is 15.9 Å². The van der Waals surface area contributed by atoms with Crippen molar-refractivity contribution in [2.75, 3.05) is 19.5 Å². The first kappa shape index (κ1) is 19.0. The fourth-order valence-corrected chi connectivity index (χ4v) is 2.42. The van der Waals surface area contributed by atoms with Gasteiger partial charge in [0.15, 0.2) is 0 Å². The van der Waals surface area contributed by atoms with E-state index in [-0.39, 0.29) is 16.8 Å². The molecule has 0 fully saturated rings. The largest absolute Gasteiger partial charge is 0.495 e. The quantitative estimate of drug-likeness (QED) is 0.492. The molecular weight excluding hydrogens is 356 g/mol. The highest BCUT2D eigenvalue weighted by Crippen LogP contribution is 2.26.